The molecule has 0 unspecified atom stereocenters. The van der Waals surface area contributed by atoms with E-state index < -0.39 is 0 Å². The number of rotatable bonds is 17. The van der Waals surface area contributed by atoms with Gasteiger partial charge < -0.3 is 29.0 Å². The third-order valence-electron chi connectivity index (χ3n) is 9.13. The molecule has 3 aromatic heterocycles. The smallest absolute Gasteiger partial charge is 0.256 e. The lowest BCUT2D eigenvalue weighted by molar-refractivity contribution is -0.0852. The first-order valence-electron chi connectivity index (χ1n) is 17.8. The Bertz CT molecular complexity index is 1620. The minimum atomic E-state index is -0.211. The molecule has 2 aliphatic rings. The van der Waals surface area contributed by atoms with Crippen LogP contribution < -0.4 is 14.8 Å². The van der Waals surface area contributed by atoms with Crippen molar-refractivity contribution in [3.05, 3.63) is 48.1 Å². The van der Waals surface area contributed by atoms with Crippen molar-refractivity contribution in [1.82, 2.24) is 44.9 Å². The Morgan fingerprint density at radius 3 is 2.47 bits per heavy atom. The van der Waals surface area contributed by atoms with Crippen molar-refractivity contribution in [3.63, 3.8) is 0 Å². The van der Waals surface area contributed by atoms with Crippen molar-refractivity contribution in [2.45, 2.75) is 89.8 Å². The highest BCUT2D eigenvalue weighted by atomic mass is 35.5. The van der Waals surface area contributed by atoms with Crippen LogP contribution in [0.15, 0.2) is 43.1 Å². The number of morpholine rings is 1. The van der Waals surface area contributed by atoms with Crippen LogP contribution in [0.1, 0.15) is 58.9 Å². The lowest BCUT2D eigenvalue weighted by Gasteiger charge is -2.42. The lowest BCUT2D eigenvalue weighted by Crippen LogP contribution is -2.51. The van der Waals surface area contributed by atoms with Gasteiger partial charge in [-0.1, -0.05) is 17.7 Å². The molecule has 51 heavy (non-hydrogen) atoms. The first-order chi connectivity index (χ1) is 24.8. The fourth-order valence-electron chi connectivity index (χ4n) is 6.75. The maximum atomic E-state index is 6.47. The molecule has 3 atom stereocenters. The molecule has 6 rings (SSSR count). The second-order valence-corrected chi connectivity index (χ2v) is 13.7. The van der Waals surface area contributed by atoms with Gasteiger partial charge in [-0.25, -0.2) is 14.6 Å². The number of anilines is 2. The molecule has 2 fully saturated rings. The van der Waals surface area contributed by atoms with E-state index in [1.54, 1.807) is 36.6 Å². The number of aromatic nitrogens is 8. The van der Waals surface area contributed by atoms with Crippen molar-refractivity contribution in [2.75, 3.05) is 51.9 Å². The van der Waals surface area contributed by atoms with E-state index in [0.29, 0.717) is 61.6 Å². The van der Waals surface area contributed by atoms with E-state index in [2.05, 4.69) is 54.2 Å². The summed E-state index contributed by atoms with van der Waals surface area (Å²) in [6, 6.07) is 6.46. The fourth-order valence-corrected chi connectivity index (χ4v) is 6.91. The quantitative estimate of drug-likeness (QED) is 0.142. The van der Waals surface area contributed by atoms with Gasteiger partial charge in [0.05, 0.1) is 55.8 Å². The van der Waals surface area contributed by atoms with E-state index in [4.69, 9.17) is 40.4 Å². The van der Waals surface area contributed by atoms with Gasteiger partial charge in [0.15, 0.2) is 0 Å². The predicted octanol–water partition coefficient (Wildman–Crippen LogP) is 5.22. The van der Waals surface area contributed by atoms with Crippen LogP contribution in [-0.4, -0.2) is 116 Å². The molecule has 0 amide bonds. The zero-order valence-electron chi connectivity index (χ0n) is 29.9. The molecule has 15 nitrogen and oxygen atoms in total. The van der Waals surface area contributed by atoms with E-state index in [1.807, 2.05) is 25.3 Å². The molecule has 4 aromatic rings. The maximum absolute atomic E-state index is 6.47. The van der Waals surface area contributed by atoms with Crippen LogP contribution in [0.25, 0.3) is 11.1 Å². The summed E-state index contributed by atoms with van der Waals surface area (Å²) in [5.74, 6) is 1.51. The topological polar surface area (TPSA) is 149 Å². The van der Waals surface area contributed by atoms with Crippen molar-refractivity contribution in [2.24, 2.45) is 0 Å². The summed E-state index contributed by atoms with van der Waals surface area (Å²) >= 11 is 6.47. The third kappa shape index (κ3) is 10.3. The molecule has 0 spiro atoms. The molecule has 276 valence electrons. The Morgan fingerprint density at radius 2 is 1.75 bits per heavy atom. The van der Waals surface area contributed by atoms with Gasteiger partial charge in [-0.05, 0) is 74.6 Å². The second-order valence-electron chi connectivity index (χ2n) is 13.3. The molecule has 1 N–H and O–H groups in total. The lowest BCUT2D eigenvalue weighted by atomic mass is 9.89. The molecule has 0 bridgehead atoms. The molecule has 1 aliphatic heterocycles. The first-order valence-corrected chi connectivity index (χ1v) is 18.2. The molecule has 1 aliphatic carbocycles. The Labute approximate surface area is 303 Å². The molecule has 1 aromatic carbocycles. The number of nitrogens with one attached hydrogen (secondary N) is 1. The Morgan fingerprint density at radius 1 is 0.980 bits per heavy atom. The first kappa shape index (κ1) is 36.9. The van der Waals surface area contributed by atoms with Crippen LogP contribution in [0.3, 0.4) is 0 Å². The molecule has 0 radical (unpaired) electrons. The minimum absolute atomic E-state index is 0.211. The molecule has 1 saturated carbocycles. The normalized spacial score (nSPS) is 21.7. The largest absolute Gasteiger partial charge is 0.487 e. The fraction of sp³-hybridized carbons (Fsp3) is 0.600. The highest BCUT2D eigenvalue weighted by Crippen LogP contribution is 2.36. The summed E-state index contributed by atoms with van der Waals surface area (Å²) in [4.78, 5) is 11.9. The second kappa shape index (κ2) is 18.0. The van der Waals surface area contributed by atoms with E-state index >= 15 is 0 Å². The Balaban J connectivity index is 1.10. The summed E-state index contributed by atoms with van der Waals surface area (Å²) in [6.07, 6.45) is 12.5. The zero-order valence-corrected chi connectivity index (χ0v) is 30.6. The molecule has 4 heterocycles. The van der Waals surface area contributed by atoms with E-state index in [9.17, 15) is 0 Å². The number of hydrogen-bond acceptors (Lipinski definition) is 13. The Hall–Kier alpha value is -3.89. The summed E-state index contributed by atoms with van der Waals surface area (Å²) in [5.41, 5.74) is 2.41. The summed E-state index contributed by atoms with van der Waals surface area (Å²) < 4.78 is 32.6. The van der Waals surface area contributed by atoms with Crippen LogP contribution in [0, 0.1) is 0 Å². The highest BCUT2D eigenvalue weighted by Gasteiger charge is 2.32. The zero-order chi connectivity index (χ0) is 35.6. The summed E-state index contributed by atoms with van der Waals surface area (Å²) in [6.45, 7) is 10.9. The van der Waals surface area contributed by atoms with Crippen LogP contribution in [0.4, 0.5) is 11.6 Å². The standard InChI is InChI=1S/C35H49ClN10O5/c1-24-19-44(20-25(2)50-24)29-7-9-30(10-8-29)46-22-32(34(41-46)49-13-5-12-48-15-14-47-4)40-35-37-17-28(18-38-35)27-6-11-31(36)33(16-27)51-26(3)21-45-23-39-42-43-45/h6,11,16-18,22-26,29-30H,5,7-10,12-15,19-21H2,1-4H3,(H,37,38,40)/t24-,25+,26-,29-,30-/m0/s1. The number of tetrazole rings is 1. The number of benzene rings is 1. The van der Waals surface area contributed by atoms with Crippen molar-refractivity contribution < 1.29 is 23.7 Å². The van der Waals surface area contributed by atoms with E-state index in [1.165, 1.54) is 0 Å². The van der Waals surface area contributed by atoms with Gasteiger partial charge in [0.2, 0.25) is 5.95 Å². The van der Waals surface area contributed by atoms with Crippen LogP contribution in [0.5, 0.6) is 11.6 Å². The van der Waals surface area contributed by atoms with E-state index in [0.717, 1.165) is 62.0 Å². The number of hydrogen-bond donors (Lipinski definition) is 1. The van der Waals surface area contributed by atoms with Gasteiger partial charge in [-0.15, -0.1) is 10.2 Å². The highest BCUT2D eigenvalue weighted by molar-refractivity contribution is 6.32. The van der Waals surface area contributed by atoms with Crippen LogP contribution in [-0.2, 0) is 20.8 Å². The molecular weight excluding hydrogens is 676 g/mol. The SMILES string of the molecule is COCCOCCCOc1nn([C@H]2CC[C@H](N3C[C@@H](C)O[C@@H](C)C3)CC2)cc1Nc1ncc(-c2ccc(Cl)c(O[C@@H](C)Cn3cnnn3)c2)cn1. The predicted molar refractivity (Wildman–Crippen MR) is 192 cm³/mol. The number of methoxy groups -OCH3 is 1. The van der Waals surface area contributed by atoms with Gasteiger partial charge in [-0.2, -0.15) is 0 Å². The average molecular weight is 725 g/mol. The van der Waals surface area contributed by atoms with Crippen molar-refractivity contribution in [3.8, 4) is 22.8 Å². The van der Waals surface area contributed by atoms with Gasteiger partial charge in [0.25, 0.3) is 5.88 Å². The van der Waals surface area contributed by atoms with Gasteiger partial charge in [0.1, 0.15) is 23.9 Å². The maximum Gasteiger partial charge on any atom is 0.256 e. The summed E-state index contributed by atoms with van der Waals surface area (Å²) in [7, 11) is 1.66. The van der Waals surface area contributed by atoms with Crippen molar-refractivity contribution >= 4 is 23.2 Å². The third-order valence-corrected chi connectivity index (χ3v) is 9.45. The van der Waals surface area contributed by atoms with Crippen molar-refractivity contribution in [1.29, 1.82) is 0 Å². The number of ether oxygens (including phenoxy) is 5. The van der Waals surface area contributed by atoms with Crippen LogP contribution >= 0.6 is 11.6 Å². The number of halogens is 1. The number of nitrogens with zero attached hydrogens (tertiary/aromatic N) is 9. The summed E-state index contributed by atoms with van der Waals surface area (Å²) in [5, 5.41) is 20.0. The van der Waals surface area contributed by atoms with Gasteiger partial charge >= 0.3 is 0 Å². The van der Waals surface area contributed by atoms with Gasteiger partial charge in [-0.3, -0.25) is 9.58 Å². The van der Waals surface area contributed by atoms with Crippen LogP contribution in [0.2, 0.25) is 5.02 Å². The molecule has 16 heteroatoms. The molecule has 1 saturated heterocycles. The monoisotopic (exact) mass is 724 g/mol. The van der Waals surface area contributed by atoms with E-state index in [-0.39, 0.29) is 24.4 Å². The Kier molecular flexibility index (Phi) is 13.1. The molecular formula is C35H49ClN10O5. The average Bonchev–Trinajstić information content (AvgIpc) is 3.79. The van der Waals surface area contributed by atoms with Gasteiger partial charge in [0, 0.05) is 57.2 Å². The minimum Gasteiger partial charge on any atom is -0.487 e.